The Balaban J connectivity index is 1.44. The van der Waals surface area contributed by atoms with Crippen LogP contribution in [0.25, 0.3) is 17.0 Å². The summed E-state index contributed by atoms with van der Waals surface area (Å²) in [6.45, 7) is 0.526. The number of hydrogen-bond acceptors (Lipinski definition) is 5. The smallest absolute Gasteiger partial charge is 0.269 e. The number of nitro benzene ring substituents is 1. The average Bonchev–Trinajstić information content (AvgIpc) is 3.35. The second-order valence-corrected chi connectivity index (χ2v) is 8.64. The standard InChI is InChI=1S/C25H17FN4O3S/c26-18-7-9-19(10-8-18)27-25-28-24(31)23(34-25)13-17-15-29(22-4-2-1-3-21(17)22)14-16-5-11-20(12-6-16)30(32)33/h1-13,15H,14H2,(H,27,28,31)/b23-13+. The molecule has 1 amide bonds. The predicted octanol–water partition coefficient (Wildman–Crippen LogP) is 5.63. The molecule has 34 heavy (non-hydrogen) atoms. The van der Waals surface area contributed by atoms with Crippen molar-refractivity contribution in [1.82, 2.24) is 9.88 Å². The second kappa shape index (κ2) is 8.95. The van der Waals surface area contributed by atoms with Gasteiger partial charge in [0.2, 0.25) is 0 Å². The number of para-hydroxylation sites is 1. The number of amides is 1. The molecule has 1 aromatic heterocycles. The largest absolute Gasteiger partial charge is 0.342 e. The van der Waals surface area contributed by atoms with Crippen LogP contribution in [0.5, 0.6) is 0 Å². The van der Waals surface area contributed by atoms with Crippen LogP contribution in [0.4, 0.5) is 15.8 Å². The number of rotatable bonds is 5. The molecule has 7 nitrogen and oxygen atoms in total. The summed E-state index contributed by atoms with van der Waals surface area (Å²) in [7, 11) is 0. The highest BCUT2D eigenvalue weighted by Crippen LogP contribution is 2.31. The number of halogens is 1. The predicted molar refractivity (Wildman–Crippen MR) is 131 cm³/mol. The first-order valence-corrected chi connectivity index (χ1v) is 11.1. The first-order chi connectivity index (χ1) is 16.5. The molecule has 0 aliphatic carbocycles. The fraction of sp³-hybridized carbons (Fsp3) is 0.0400. The van der Waals surface area contributed by atoms with Crippen molar-refractivity contribution in [2.45, 2.75) is 6.54 Å². The number of nitrogens with zero attached hydrogens (tertiary/aromatic N) is 3. The Morgan fingerprint density at radius 2 is 1.79 bits per heavy atom. The Bertz CT molecular complexity index is 1470. The van der Waals surface area contributed by atoms with E-state index in [9.17, 15) is 19.3 Å². The van der Waals surface area contributed by atoms with Gasteiger partial charge in [0.25, 0.3) is 11.6 Å². The summed E-state index contributed by atoms with van der Waals surface area (Å²) in [6.07, 6.45) is 3.78. The number of non-ortho nitro benzene ring substituents is 1. The summed E-state index contributed by atoms with van der Waals surface area (Å²) >= 11 is 1.22. The molecule has 5 rings (SSSR count). The minimum absolute atomic E-state index is 0.0499. The zero-order valence-electron chi connectivity index (χ0n) is 17.6. The zero-order chi connectivity index (χ0) is 23.7. The van der Waals surface area contributed by atoms with Crippen molar-refractivity contribution in [2.24, 2.45) is 4.99 Å². The molecule has 4 aromatic rings. The van der Waals surface area contributed by atoms with Crippen LogP contribution in [0.3, 0.4) is 0 Å². The van der Waals surface area contributed by atoms with E-state index in [2.05, 4.69) is 10.3 Å². The zero-order valence-corrected chi connectivity index (χ0v) is 18.5. The Labute approximate surface area is 197 Å². The molecule has 0 unspecified atom stereocenters. The number of carbonyl (C=O) groups excluding carboxylic acids is 1. The third-order valence-electron chi connectivity index (χ3n) is 5.31. The third kappa shape index (κ3) is 4.46. The SMILES string of the molecule is O=C1NC(=Nc2ccc(F)cc2)S/C1=C/c1cn(Cc2ccc([N+](=O)[O-])cc2)c2ccccc12. The van der Waals surface area contributed by atoms with Crippen molar-refractivity contribution >= 4 is 51.2 Å². The lowest BCUT2D eigenvalue weighted by Gasteiger charge is -2.05. The summed E-state index contributed by atoms with van der Waals surface area (Å²) in [5.41, 5.74) is 3.38. The van der Waals surface area contributed by atoms with Gasteiger partial charge in [0.1, 0.15) is 5.82 Å². The van der Waals surface area contributed by atoms with E-state index in [1.807, 2.05) is 41.1 Å². The number of carbonyl (C=O) groups is 1. The lowest BCUT2D eigenvalue weighted by atomic mass is 10.1. The normalized spacial score (nSPS) is 15.9. The van der Waals surface area contributed by atoms with Gasteiger partial charge in [-0.3, -0.25) is 14.9 Å². The number of fused-ring (bicyclic) bond motifs is 1. The van der Waals surface area contributed by atoms with Gasteiger partial charge in [-0.1, -0.05) is 30.3 Å². The van der Waals surface area contributed by atoms with Crippen LogP contribution in [0.1, 0.15) is 11.1 Å². The molecular weight excluding hydrogens is 455 g/mol. The van der Waals surface area contributed by atoms with Gasteiger partial charge in [0.15, 0.2) is 5.17 Å². The Morgan fingerprint density at radius 1 is 1.06 bits per heavy atom. The van der Waals surface area contributed by atoms with Gasteiger partial charge in [0.05, 0.1) is 15.5 Å². The fourth-order valence-corrected chi connectivity index (χ4v) is 4.53. The molecule has 0 atom stereocenters. The maximum atomic E-state index is 13.1. The van der Waals surface area contributed by atoms with E-state index in [0.717, 1.165) is 22.0 Å². The molecule has 2 heterocycles. The van der Waals surface area contributed by atoms with Gasteiger partial charge in [-0.25, -0.2) is 9.38 Å². The lowest BCUT2D eigenvalue weighted by Crippen LogP contribution is -2.19. The molecule has 1 saturated heterocycles. The molecule has 9 heteroatoms. The lowest BCUT2D eigenvalue weighted by molar-refractivity contribution is -0.384. The van der Waals surface area contributed by atoms with Crippen LogP contribution in [0, 0.1) is 15.9 Å². The molecule has 1 fully saturated rings. The summed E-state index contributed by atoms with van der Waals surface area (Å²) in [6, 6.07) is 20.0. The third-order valence-corrected chi connectivity index (χ3v) is 6.22. The van der Waals surface area contributed by atoms with Crippen molar-refractivity contribution in [1.29, 1.82) is 0 Å². The number of nitro groups is 1. The number of aromatic nitrogens is 1. The molecule has 0 bridgehead atoms. The van der Waals surface area contributed by atoms with Gasteiger partial charge >= 0.3 is 0 Å². The van der Waals surface area contributed by atoms with Crippen molar-refractivity contribution in [3.63, 3.8) is 0 Å². The number of amidine groups is 1. The topological polar surface area (TPSA) is 89.5 Å². The first kappa shape index (κ1) is 21.6. The molecule has 168 valence electrons. The number of aliphatic imine (C=N–C) groups is 1. The molecule has 0 radical (unpaired) electrons. The van der Waals surface area contributed by atoms with Crippen LogP contribution in [0.15, 0.2) is 88.9 Å². The van der Waals surface area contributed by atoms with E-state index >= 15 is 0 Å². The van der Waals surface area contributed by atoms with E-state index in [0.29, 0.717) is 22.3 Å². The Kier molecular flexibility index (Phi) is 5.69. The highest BCUT2D eigenvalue weighted by molar-refractivity contribution is 8.18. The van der Waals surface area contributed by atoms with E-state index in [1.165, 1.54) is 36.0 Å². The Hall–Kier alpha value is -4.24. The minimum Gasteiger partial charge on any atom is -0.342 e. The highest BCUT2D eigenvalue weighted by Gasteiger charge is 2.24. The maximum Gasteiger partial charge on any atom is 0.269 e. The number of nitrogens with one attached hydrogen (secondary N) is 1. The summed E-state index contributed by atoms with van der Waals surface area (Å²) in [5.74, 6) is -0.601. The molecule has 0 saturated carbocycles. The monoisotopic (exact) mass is 472 g/mol. The van der Waals surface area contributed by atoms with Crippen molar-refractivity contribution in [3.05, 3.63) is 111 Å². The molecule has 1 aliphatic heterocycles. The Morgan fingerprint density at radius 3 is 2.53 bits per heavy atom. The molecule has 1 N–H and O–H groups in total. The molecule has 0 spiro atoms. The maximum absolute atomic E-state index is 13.1. The van der Waals surface area contributed by atoms with Gasteiger partial charge in [-0.05, 0) is 53.7 Å². The van der Waals surface area contributed by atoms with E-state index < -0.39 is 4.92 Å². The van der Waals surface area contributed by atoms with E-state index in [1.54, 1.807) is 24.3 Å². The van der Waals surface area contributed by atoms with Gasteiger partial charge in [-0.2, -0.15) is 0 Å². The molecule has 3 aromatic carbocycles. The quantitative estimate of drug-likeness (QED) is 0.232. The van der Waals surface area contributed by atoms with Crippen molar-refractivity contribution in [2.75, 3.05) is 0 Å². The van der Waals surface area contributed by atoms with Crippen LogP contribution in [-0.4, -0.2) is 20.6 Å². The van der Waals surface area contributed by atoms with Gasteiger partial charge < -0.3 is 9.88 Å². The minimum atomic E-state index is -0.420. The average molecular weight is 473 g/mol. The summed E-state index contributed by atoms with van der Waals surface area (Å²) < 4.78 is 15.2. The van der Waals surface area contributed by atoms with Crippen molar-refractivity contribution < 1.29 is 14.1 Å². The highest BCUT2D eigenvalue weighted by atomic mass is 32.2. The summed E-state index contributed by atoms with van der Waals surface area (Å²) in [4.78, 5) is 27.9. The molecule has 1 aliphatic rings. The molecular formula is C25H17FN4O3S. The van der Waals surface area contributed by atoms with Crippen molar-refractivity contribution in [3.8, 4) is 0 Å². The second-order valence-electron chi connectivity index (χ2n) is 7.61. The van der Waals surface area contributed by atoms with Crippen LogP contribution in [0.2, 0.25) is 0 Å². The van der Waals surface area contributed by atoms with Gasteiger partial charge in [0, 0.05) is 41.3 Å². The van der Waals surface area contributed by atoms with E-state index in [-0.39, 0.29) is 17.4 Å². The van der Waals surface area contributed by atoms with Crippen LogP contribution >= 0.6 is 11.8 Å². The number of benzene rings is 3. The van der Waals surface area contributed by atoms with E-state index in [4.69, 9.17) is 0 Å². The summed E-state index contributed by atoms with van der Waals surface area (Å²) in [5, 5.41) is 15.1. The van der Waals surface area contributed by atoms with Crippen LogP contribution < -0.4 is 5.32 Å². The van der Waals surface area contributed by atoms with Gasteiger partial charge in [-0.15, -0.1) is 0 Å². The number of thioether (sulfide) groups is 1. The first-order valence-electron chi connectivity index (χ1n) is 10.3. The fourth-order valence-electron chi connectivity index (χ4n) is 3.70. The number of hydrogen-bond donors (Lipinski definition) is 1. The van der Waals surface area contributed by atoms with Crippen LogP contribution in [-0.2, 0) is 11.3 Å².